The highest BCUT2D eigenvalue weighted by Gasteiger charge is 2.46. The van der Waals surface area contributed by atoms with Crippen molar-refractivity contribution in [3.05, 3.63) is 18.0 Å². The molecule has 0 aromatic carbocycles. The third kappa shape index (κ3) is 1.12. The van der Waals surface area contributed by atoms with E-state index in [2.05, 4.69) is 22.0 Å². The fourth-order valence-electron chi connectivity index (χ4n) is 2.09. The lowest BCUT2D eigenvalue weighted by atomic mass is 10.0. The van der Waals surface area contributed by atoms with Crippen LogP contribution >= 0.6 is 0 Å². The highest BCUT2D eigenvalue weighted by Crippen LogP contribution is 2.50. The molecule has 1 saturated carbocycles. The van der Waals surface area contributed by atoms with Gasteiger partial charge in [-0.05, 0) is 19.3 Å². The predicted octanol–water partition coefficient (Wildman–Crippen LogP) is 1.29. The number of nitrogens with zero attached hydrogens (tertiary/aromatic N) is 4. The first kappa shape index (κ1) is 9.50. The van der Waals surface area contributed by atoms with Gasteiger partial charge in [0.1, 0.15) is 11.3 Å². The molecule has 1 aliphatic rings. The van der Waals surface area contributed by atoms with Crippen LogP contribution in [0.4, 0.5) is 10.3 Å². The Labute approximate surface area is 91.5 Å². The summed E-state index contributed by atoms with van der Waals surface area (Å²) in [5.41, 5.74) is 5.80. The zero-order chi connectivity index (χ0) is 11.3. The number of imidazole rings is 1. The molecule has 1 aliphatic carbocycles. The molecule has 2 heterocycles. The van der Waals surface area contributed by atoms with E-state index >= 15 is 0 Å². The van der Waals surface area contributed by atoms with Crippen molar-refractivity contribution in [3.63, 3.8) is 0 Å². The molecule has 0 saturated heterocycles. The van der Waals surface area contributed by atoms with Crippen molar-refractivity contribution in [2.75, 3.05) is 5.73 Å². The van der Waals surface area contributed by atoms with Crippen LogP contribution in [0.2, 0.25) is 0 Å². The third-order valence-corrected chi connectivity index (χ3v) is 3.37. The number of aromatic nitrogens is 4. The van der Waals surface area contributed by atoms with Crippen LogP contribution < -0.4 is 5.73 Å². The van der Waals surface area contributed by atoms with Gasteiger partial charge in [-0.25, -0.2) is 14.5 Å². The first-order valence-electron chi connectivity index (χ1n) is 5.33. The molecule has 6 heteroatoms. The Kier molecular flexibility index (Phi) is 1.72. The van der Waals surface area contributed by atoms with Gasteiger partial charge in [-0.1, -0.05) is 6.92 Å². The lowest BCUT2D eigenvalue weighted by Crippen LogP contribution is -2.13. The van der Waals surface area contributed by atoms with Crippen LogP contribution in [0.5, 0.6) is 0 Å². The number of nitrogens with two attached hydrogens (primary N) is 1. The lowest BCUT2D eigenvalue weighted by Gasteiger charge is -2.09. The molecule has 0 unspecified atom stereocenters. The summed E-state index contributed by atoms with van der Waals surface area (Å²) < 4.78 is 15.1. The van der Waals surface area contributed by atoms with Crippen molar-refractivity contribution in [1.29, 1.82) is 0 Å². The third-order valence-electron chi connectivity index (χ3n) is 3.37. The van der Waals surface area contributed by atoms with Crippen LogP contribution in [0.1, 0.15) is 32.0 Å². The summed E-state index contributed by atoms with van der Waals surface area (Å²) in [5, 5.41) is 4.03. The van der Waals surface area contributed by atoms with Crippen LogP contribution in [-0.4, -0.2) is 19.6 Å². The highest BCUT2D eigenvalue weighted by atomic mass is 19.1. The van der Waals surface area contributed by atoms with E-state index in [1.165, 1.54) is 10.7 Å². The van der Waals surface area contributed by atoms with E-state index in [1.54, 1.807) is 0 Å². The van der Waals surface area contributed by atoms with Crippen LogP contribution in [0.25, 0.3) is 5.52 Å². The van der Waals surface area contributed by atoms with Gasteiger partial charge < -0.3 is 5.73 Å². The van der Waals surface area contributed by atoms with Gasteiger partial charge >= 0.3 is 0 Å². The average molecular weight is 221 g/mol. The molecule has 2 N–H and O–H groups in total. The van der Waals surface area contributed by atoms with Gasteiger partial charge in [0, 0.05) is 5.41 Å². The number of hydrogen-bond donors (Lipinski definition) is 1. The molecule has 0 aliphatic heterocycles. The summed E-state index contributed by atoms with van der Waals surface area (Å²) in [6, 6.07) is 0. The monoisotopic (exact) mass is 221 g/mol. The summed E-state index contributed by atoms with van der Waals surface area (Å²) in [6.45, 7) is 2.08. The zero-order valence-corrected chi connectivity index (χ0v) is 8.94. The summed E-state index contributed by atoms with van der Waals surface area (Å²) >= 11 is 0. The van der Waals surface area contributed by atoms with Crippen molar-refractivity contribution < 1.29 is 4.39 Å². The van der Waals surface area contributed by atoms with Gasteiger partial charge in [-0.2, -0.15) is 4.39 Å². The fourth-order valence-corrected chi connectivity index (χ4v) is 2.09. The molecule has 0 spiro atoms. The summed E-state index contributed by atoms with van der Waals surface area (Å²) in [5.74, 6) is 0.296. The molecule has 5 nitrogen and oxygen atoms in total. The van der Waals surface area contributed by atoms with Crippen LogP contribution in [-0.2, 0) is 5.41 Å². The Hall–Kier alpha value is -1.72. The molecular formula is C10H12FN5. The summed E-state index contributed by atoms with van der Waals surface area (Å²) in [7, 11) is 0. The number of anilines is 1. The molecule has 2 aromatic rings. The van der Waals surface area contributed by atoms with Gasteiger partial charge in [0.2, 0.25) is 11.9 Å². The van der Waals surface area contributed by atoms with E-state index in [4.69, 9.17) is 5.73 Å². The Morgan fingerprint density at radius 3 is 2.94 bits per heavy atom. The smallest absolute Gasteiger partial charge is 0.242 e. The number of hydrogen-bond acceptors (Lipinski definition) is 4. The topological polar surface area (TPSA) is 69.1 Å². The van der Waals surface area contributed by atoms with Crippen LogP contribution in [0.15, 0.2) is 6.20 Å². The quantitative estimate of drug-likeness (QED) is 0.829. The van der Waals surface area contributed by atoms with Gasteiger partial charge in [0.05, 0.1) is 6.20 Å². The molecular weight excluding hydrogens is 209 g/mol. The normalized spacial score (nSPS) is 17.9. The summed E-state index contributed by atoms with van der Waals surface area (Å²) in [4.78, 5) is 7.75. The minimum absolute atomic E-state index is 0.00590. The maximum Gasteiger partial charge on any atom is 0.242 e. The van der Waals surface area contributed by atoms with Gasteiger partial charge in [0.25, 0.3) is 0 Å². The minimum atomic E-state index is -0.519. The van der Waals surface area contributed by atoms with Crippen molar-refractivity contribution in [3.8, 4) is 0 Å². The second-order valence-electron chi connectivity index (χ2n) is 4.27. The average Bonchev–Trinajstić information content (AvgIpc) is 3.00. The molecule has 16 heavy (non-hydrogen) atoms. The Morgan fingerprint density at radius 1 is 1.56 bits per heavy atom. The Balaban J connectivity index is 2.29. The molecule has 0 radical (unpaired) electrons. The van der Waals surface area contributed by atoms with Gasteiger partial charge in [-0.15, -0.1) is 5.10 Å². The van der Waals surface area contributed by atoms with E-state index in [1.807, 2.05) is 0 Å². The van der Waals surface area contributed by atoms with Crippen molar-refractivity contribution in [1.82, 2.24) is 19.6 Å². The molecule has 1 fully saturated rings. The zero-order valence-electron chi connectivity index (χ0n) is 8.94. The number of rotatable bonds is 2. The first-order valence-corrected chi connectivity index (χ1v) is 5.33. The Bertz CT molecular complexity index is 558. The van der Waals surface area contributed by atoms with Crippen molar-refractivity contribution in [2.45, 2.75) is 31.6 Å². The standard InChI is InChI=1S/C10H12FN5/c1-2-10(3-4-10)8-14-7(11)6-5-13-9(12)15-16(6)8/h5H,2-4H2,1H3,(H2,12,15). The fraction of sp³-hybridized carbons (Fsp3) is 0.500. The Morgan fingerprint density at radius 2 is 2.31 bits per heavy atom. The van der Waals surface area contributed by atoms with Gasteiger partial charge in [0.15, 0.2) is 0 Å². The summed E-state index contributed by atoms with van der Waals surface area (Å²) in [6.07, 6.45) is 4.38. The van der Waals surface area contributed by atoms with Crippen molar-refractivity contribution >= 4 is 11.5 Å². The maximum absolute atomic E-state index is 13.6. The molecule has 0 bridgehead atoms. The van der Waals surface area contributed by atoms with Crippen LogP contribution in [0.3, 0.4) is 0 Å². The van der Waals surface area contributed by atoms with E-state index < -0.39 is 5.95 Å². The molecule has 2 aromatic heterocycles. The first-order chi connectivity index (χ1) is 7.66. The second kappa shape index (κ2) is 2.90. The second-order valence-corrected chi connectivity index (χ2v) is 4.27. The molecule has 3 rings (SSSR count). The SMILES string of the molecule is CCC1(c2nc(F)c3cnc(N)nn23)CC1. The molecule has 84 valence electrons. The van der Waals surface area contributed by atoms with E-state index in [0.717, 1.165) is 19.3 Å². The predicted molar refractivity (Wildman–Crippen MR) is 56.4 cm³/mol. The van der Waals surface area contributed by atoms with Crippen molar-refractivity contribution in [2.24, 2.45) is 0 Å². The number of fused-ring (bicyclic) bond motifs is 1. The van der Waals surface area contributed by atoms with E-state index in [0.29, 0.717) is 11.3 Å². The largest absolute Gasteiger partial charge is 0.367 e. The highest BCUT2D eigenvalue weighted by molar-refractivity contribution is 5.46. The van der Waals surface area contributed by atoms with E-state index in [9.17, 15) is 4.39 Å². The molecule has 0 amide bonds. The maximum atomic E-state index is 13.6. The van der Waals surface area contributed by atoms with E-state index in [-0.39, 0.29) is 11.4 Å². The number of nitrogen functional groups attached to an aromatic ring is 1. The van der Waals surface area contributed by atoms with Crippen LogP contribution in [0, 0.1) is 5.95 Å². The molecule has 0 atom stereocenters. The minimum Gasteiger partial charge on any atom is -0.367 e. The lowest BCUT2D eigenvalue weighted by molar-refractivity contribution is 0.564. The van der Waals surface area contributed by atoms with Gasteiger partial charge in [-0.3, -0.25) is 0 Å². The number of halogens is 1.